The number of H-pyrrole nitrogens is 2. The zero-order valence-corrected chi connectivity index (χ0v) is 9.72. The van der Waals surface area contributed by atoms with Gasteiger partial charge in [0.05, 0.1) is 6.04 Å². The number of para-hydroxylation sites is 1. The van der Waals surface area contributed by atoms with E-state index < -0.39 is 0 Å². The molecule has 6 nitrogen and oxygen atoms in total. The summed E-state index contributed by atoms with van der Waals surface area (Å²) in [7, 11) is 0. The van der Waals surface area contributed by atoms with Crippen molar-refractivity contribution in [1.29, 1.82) is 0 Å². The summed E-state index contributed by atoms with van der Waals surface area (Å²) in [5.41, 5.74) is 13.8. The van der Waals surface area contributed by atoms with Gasteiger partial charge in [0.1, 0.15) is 5.82 Å². The van der Waals surface area contributed by atoms with Crippen molar-refractivity contribution >= 4 is 16.9 Å². The monoisotopic (exact) mass is 242 g/mol. The Balaban J connectivity index is 1.88. The molecule has 0 bridgehead atoms. The average molecular weight is 242 g/mol. The number of nitrogens with two attached hydrogens (primary N) is 2. The van der Waals surface area contributed by atoms with Gasteiger partial charge in [-0.1, -0.05) is 18.2 Å². The fraction of sp³-hybridized carbons (Fsp3) is 0.167. The summed E-state index contributed by atoms with van der Waals surface area (Å²) in [5.74, 6) is 0.831. The van der Waals surface area contributed by atoms with Gasteiger partial charge in [0.2, 0.25) is 5.95 Å². The molecule has 92 valence electrons. The van der Waals surface area contributed by atoms with E-state index in [0.717, 1.165) is 11.1 Å². The van der Waals surface area contributed by atoms with E-state index in [2.05, 4.69) is 26.2 Å². The molecule has 6 heteroatoms. The van der Waals surface area contributed by atoms with Crippen LogP contribution in [0.1, 0.15) is 17.4 Å². The summed E-state index contributed by atoms with van der Waals surface area (Å²) < 4.78 is 0. The molecule has 3 rings (SSSR count). The lowest BCUT2D eigenvalue weighted by Crippen LogP contribution is -2.15. The fourth-order valence-electron chi connectivity index (χ4n) is 2.09. The largest absolute Gasteiger partial charge is 0.367 e. The Bertz CT molecular complexity index is 668. The summed E-state index contributed by atoms with van der Waals surface area (Å²) in [6.45, 7) is 0. The average Bonchev–Trinajstić information content (AvgIpc) is 2.97. The molecule has 0 aliphatic rings. The third kappa shape index (κ3) is 1.82. The van der Waals surface area contributed by atoms with Crippen LogP contribution in [0.5, 0.6) is 0 Å². The number of anilines is 1. The molecule has 0 aliphatic heterocycles. The van der Waals surface area contributed by atoms with Crippen molar-refractivity contribution in [3.05, 3.63) is 41.9 Å². The maximum Gasteiger partial charge on any atom is 0.239 e. The molecule has 3 aromatic rings. The second-order valence-electron chi connectivity index (χ2n) is 4.25. The summed E-state index contributed by atoms with van der Waals surface area (Å²) in [6.07, 6.45) is 2.66. The van der Waals surface area contributed by atoms with Gasteiger partial charge >= 0.3 is 0 Å². The van der Waals surface area contributed by atoms with Crippen molar-refractivity contribution < 1.29 is 0 Å². The fourth-order valence-corrected chi connectivity index (χ4v) is 2.09. The minimum atomic E-state index is -0.242. The Morgan fingerprint density at radius 1 is 1.28 bits per heavy atom. The van der Waals surface area contributed by atoms with E-state index in [9.17, 15) is 0 Å². The SMILES string of the molecule is Nc1n[nH]c([C@H](N)Cc2c[nH]c3ccccc23)n1. The smallest absolute Gasteiger partial charge is 0.239 e. The van der Waals surface area contributed by atoms with Crippen LogP contribution in [0, 0.1) is 0 Å². The van der Waals surface area contributed by atoms with E-state index in [1.54, 1.807) is 0 Å². The Morgan fingerprint density at radius 2 is 2.11 bits per heavy atom. The molecular weight excluding hydrogens is 228 g/mol. The molecule has 0 spiro atoms. The van der Waals surface area contributed by atoms with Crippen LogP contribution in [0.25, 0.3) is 10.9 Å². The predicted octanol–water partition coefficient (Wildman–Crippen LogP) is 1.11. The molecular formula is C12H14N6. The predicted molar refractivity (Wildman–Crippen MR) is 69.7 cm³/mol. The molecule has 0 saturated carbocycles. The molecule has 0 amide bonds. The van der Waals surface area contributed by atoms with Crippen LogP contribution in [0.15, 0.2) is 30.5 Å². The lowest BCUT2D eigenvalue weighted by Gasteiger charge is -2.06. The molecule has 2 heterocycles. The quantitative estimate of drug-likeness (QED) is 0.551. The first-order valence-electron chi connectivity index (χ1n) is 5.72. The minimum Gasteiger partial charge on any atom is -0.367 e. The van der Waals surface area contributed by atoms with Crippen LogP contribution in [-0.4, -0.2) is 20.2 Å². The lowest BCUT2D eigenvalue weighted by atomic mass is 10.1. The van der Waals surface area contributed by atoms with Gasteiger partial charge in [-0.05, 0) is 18.1 Å². The topological polar surface area (TPSA) is 109 Å². The number of hydrogen-bond acceptors (Lipinski definition) is 4. The van der Waals surface area contributed by atoms with Gasteiger partial charge in [-0.25, -0.2) is 0 Å². The van der Waals surface area contributed by atoms with E-state index in [1.807, 2.05) is 24.4 Å². The summed E-state index contributed by atoms with van der Waals surface area (Å²) in [5, 5.41) is 7.71. The number of aromatic nitrogens is 4. The van der Waals surface area contributed by atoms with Gasteiger partial charge in [0.15, 0.2) is 0 Å². The number of benzene rings is 1. The van der Waals surface area contributed by atoms with Crippen LogP contribution in [0.2, 0.25) is 0 Å². The van der Waals surface area contributed by atoms with Crippen LogP contribution < -0.4 is 11.5 Å². The summed E-state index contributed by atoms with van der Waals surface area (Å²) >= 11 is 0. The van der Waals surface area contributed by atoms with Crippen molar-refractivity contribution in [2.75, 3.05) is 5.73 Å². The molecule has 0 unspecified atom stereocenters. The van der Waals surface area contributed by atoms with E-state index in [1.165, 1.54) is 5.39 Å². The summed E-state index contributed by atoms with van der Waals surface area (Å²) in [4.78, 5) is 7.27. The van der Waals surface area contributed by atoms with E-state index >= 15 is 0 Å². The second-order valence-corrected chi connectivity index (χ2v) is 4.25. The third-order valence-electron chi connectivity index (χ3n) is 2.99. The Kier molecular flexibility index (Phi) is 2.49. The van der Waals surface area contributed by atoms with Gasteiger partial charge in [-0.2, -0.15) is 4.98 Å². The standard InChI is InChI=1S/C12H14N6/c13-9(11-16-12(14)18-17-11)5-7-6-15-10-4-2-1-3-8(7)10/h1-4,6,9,15H,5,13H2,(H3,14,16,17,18)/t9-/m1/s1. The number of nitrogens with one attached hydrogen (secondary N) is 2. The second kappa shape index (κ2) is 4.15. The number of rotatable bonds is 3. The number of aromatic amines is 2. The van der Waals surface area contributed by atoms with Crippen LogP contribution >= 0.6 is 0 Å². The van der Waals surface area contributed by atoms with Crippen molar-refractivity contribution in [3.63, 3.8) is 0 Å². The molecule has 0 fully saturated rings. The third-order valence-corrected chi connectivity index (χ3v) is 2.99. The van der Waals surface area contributed by atoms with Gasteiger partial charge in [0, 0.05) is 17.1 Å². The van der Waals surface area contributed by atoms with Crippen molar-refractivity contribution in [3.8, 4) is 0 Å². The molecule has 2 aromatic heterocycles. The molecule has 1 aromatic carbocycles. The van der Waals surface area contributed by atoms with Crippen LogP contribution in [-0.2, 0) is 6.42 Å². The zero-order chi connectivity index (χ0) is 12.5. The van der Waals surface area contributed by atoms with Gasteiger partial charge in [-0.3, -0.25) is 5.10 Å². The number of fused-ring (bicyclic) bond motifs is 1. The first-order valence-corrected chi connectivity index (χ1v) is 5.72. The molecule has 18 heavy (non-hydrogen) atoms. The highest BCUT2D eigenvalue weighted by molar-refractivity contribution is 5.83. The Labute approximate surface area is 103 Å². The van der Waals surface area contributed by atoms with Gasteiger partial charge in [0.25, 0.3) is 0 Å². The maximum atomic E-state index is 6.09. The number of hydrogen-bond donors (Lipinski definition) is 4. The molecule has 0 saturated heterocycles. The highest BCUT2D eigenvalue weighted by Crippen LogP contribution is 2.21. The van der Waals surface area contributed by atoms with Crippen LogP contribution in [0.4, 0.5) is 5.95 Å². The molecule has 0 radical (unpaired) electrons. The molecule has 0 aliphatic carbocycles. The normalized spacial score (nSPS) is 12.9. The summed E-state index contributed by atoms with van der Waals surface area (Å²) in [6, 6.07) is 7.88. The first-order chi connectivity index (χ1) is 8.74. The highest BCUT2D eigenvalue weighted by atomic mass is 15.3. The van der Waals surface area contributed by atoms with Gasteiger partial charge < -0.3 is 16.5 Å². The minimum absolute atomic E-state index is 0.222. The van der Waals surface area contributed by atoms with E-state index in [-0.39, 0.29) is 12.0 Å². The maximum absolute atomic E-state index is 6.09. The molecule has 6 N–H and O–H groups in total. The molecule has 1 atom stereocenters. The van der Waals surface area contributed by atoms with E-state index in [4.69, 9.17) is 11.5 Å². The highest BCUT2D eigenvalue weighted by Gasteiger charge is 2.13. The van der Waals surface area contributed by atoms with E-state index in [0.29, 0.717) is 12.2 Å². The Morgan fingerprint density at radius 3 is 2.89 bits per heavy atom. The first kappa shape index (κ1) is 10.8. The van der Waals surface area contributed by atoms with Crippen molar-refractivity contribution in [2.45, 2.75) is 12.5 Å². The van der Waals surface area contributed by atoms with Crippen molar-refractivity contribution in [1.82, 2.24) is 20.2 Å². The number of nitrogen functional groups attached to an aromatic ring is 1. The zero-order valence-electron chi connectivity index (χ0n) is 9.72. The lowest BCUT2D eigenvalue weighted by molar-refractivity contribution is 0.673. The Hall–Kier alpha value is -2.34. The van der Waals surface area contributed by atoms with Gasteiger partial charge in [-0.15, -0.1) is 5.10 Å². The number of nitrogens with zero attached hydrogens (tertiary/aromatic N) is 2. The van der Waals surface area contributed by atoms with Crippen LogP contribution in [0.3, 0.4) is 0 Å². The van der Waals surface area contributed by atoms with Crippen molar-refractivity contribution in [2.24, 2.45) is 5.73 Å².